The summed E-state index contributed by atoms with van der Waals surface area (Å²) in [4.78, 5) is 16.5. The predicted molar refractivity (Wildman–Crippen MR) is 147 cm³/mol. The first kappa shape index (κ1) is 25.3. The average molecular weight is 514 g/mol. The molecule has 1 saturated carbocycles. The molecule has 0 bridgehead atoms. The van der Waals surface area contributed by atoms with Crippen molar-refractivity contribution in [3.8, 4) is 5.88 Å². The monoisotopic (exact) mass is 513 g/mol. The van der Waals surface area contributed by atoms with E-state index in [0.717, 1.165) is 86.9 Å². The summed E-state index contributed by atoms with van der Waals surface area (Å²) in [5.74, 6) is 4.32. The summed E-state index contributed by atoms with van der Waals surface area (Å²) < 4.78 is 20.2. The minimum absolute atomic E-state index is 0.145. The first-order chi connectivity index (χ1) is 17.5. The number of ether oxygens (including phenoxy) is 3. The van der Waals surface area contributed by atoms with E-state index >= 15 is 0 Å². The summed E-state index contributed by atoms with van der Waals surface area (Å²) in [7, 11) is -0.532. The molecule has 4 heterocycles. The lowest BCUT2D eigenvalue weighted by molar-refractivity contribution is 0.0842. The lowest BCUT2D eigenvalue weighted by atomic mass is 9.87. The number of hydrogen-bond donors (Lipinski definition) is 0. The van der Waals surface area contributed by atoms with E-state index < -0.39 is 10.0 Å². The first-order valence-corrected chi connectivity index (χ1v) is 16.0. The molecule has 0 radical (unpaired) electrons. The molecule has 1 aliphatic carbocycles. The van der Waals surface area contributed by atoms with Crippen LogP contribution in [-0.4, -0.2) is 83.1 Å². The third kappa shape index (κ3) is 6.30. The molecule has 3 aromatic heterocycles. The molecule has 5 rings (SSSR count). The molecule has 0 atom stereocenters. The van der Waals surface area contributed by atoms with Gasteiger partial charge < -0.3 is 23.7 Å². The van der Waals surface area contributed by atoms with Crippen molar-refractivity contribution in [2.75, 3.05) is 62.3 Å². The molecule has 9 heteroatoms. The van der Waals surface area contributed by atoms with Crippen LogP contribution in [0.2, 0.25) is 0 Å². The van der Waals surface area contributed by atoms with E-state index in [1.165, 1.54) is 0 Å². The van der Waals surface area contributed by atoms with Crippen molar-refractivity contribution in [3.63, 3.8) is 0 Å². The van der Waals surface area contributed by atoms with Crippen molar-refractivity contribution in [3.05, 3.63) is 42.6 Å². The van der Waals surface area contributed by atoms with E-state index in [9.17, 15) is 0 Å². The fraction of sp³-hybridized carbons (Fsp3) is 0.593. The quantitative estimate of drug-likeness (QED) is 0.392. The number of pyridine rings is 2. The van der Waals surface area contributed by atoms with Crippen LogP contribution in [0.3, 0.4) is 0 Å². The van der Waals surface area contributed by atoms with Gasteiger partial charge in [-0.2, -0.15) is 4.98 Å². The Morgan fingerprint density at radius 2 is 1.86 bits per heavy atom. The summed E-state index contributed by atoms with van der Waals surface area (Å²) >= 11 is 0. The molecule has 0 unspecified atom stereocenters. The van der Waals surface area contributed by atoms with Gasteiger partial charge in [-0.25, -0.2) is 15.0 Å². The molecule has 3 aromatic rings. The van der Waals surface area contributed by atoms with Crippen LogP contribution in [0, 0.1) is 0 Å². The van der Waals surface area contributed by atoms with Gasteiger partial charge in [0, 0.05) is 49.4 Å². The largest absolute Gasteiger partial charge is 0.474 e. The Labute approximate surface area is 215 Å². The van der Waals surface area contributed by atoms with Crippen LogP contribution < -0.4 is 9.64 Å². The zero-order valence-corrected chi connectivity index (χ0v) is 22.6. The Bertz CT molecular complexity index is 1130. The molecule has 0 aromatic carbocycles. The molecule has 0 N–H and O–H groups in total. The highest BCUT2D eigenvalue weighted by Gasteiger charge is 2.27. The van der Waals surface area contributed by atoms with Gasteiger partial charge in [-0.1, -0.05) is 0 Å². The van der Waals surface area contributed by atoms with Crippen molar-refractivity contribution >= 4 is 26.7 Å². The summed E-state index contributed by atoms with van der Waals surface area (Å²) in [6, 6.07) is 6.07. The van der Waals surface area contributed by atoms with Crippen LogP contribution in [0.15, 0.2) is 36.8 Å². The number of imidazole rings is 1. The average Bonchev–Trinajstić information content (AvgIpc) is 3.35. The minimum atomic E-state index is -0.532. The van der Waals surface area contributed by atoms with E-state index in [-0.39, 0.29) is 6.10 Å². The van der Waals surface area contributed by atoms with Crippen molar-refractivity contribution in [2.45, 2.75) is 44.4 Å². The number of hydrogen-bond acceptors (Lipinski definition) is 7. The van der Waals surface area contributed by atoms with Gasteiger partial charge in [0.2, 0.25) is 5.88 Å². The summed E-state index contributed by atoms with van der Waals surface area (Å²) in [5, 5.41) is 0.974. The lowest BCUT2D eigenvalue weighted by Gasteiger charge is -2.30. The van der Waals surface area contributed by atoms with Crippen LogP contribution in [0.4, 0.5) is 5.82 Å². The molecule has 1 aliphatic heterocycles. The molecule has 8 nitrogen and oxygen atoms in total. The van der Waals surface area contributed by atoms with Gasteiger partial charge in [-0.15, -0.1) is 0 Å². The van der Waals surface area contributed by atoms with E-state index in [4.69, 9.17) is 24.2 Å². The zero-order chi connectivity index (χ0) is 25.0. The normalized spacial score (nSPS) is 21.6. The van der Waals surface area contributed by atoms with Gasteiger partial charge in [0.25, 0.3) is 0 Å². The summed E-state index contributed by atoms with van der Waals surface area (Å²) in [5.41, 5.74) is 0.924. The smallest absolute Gasteiger partial charge is 0.225 e. The molecule has 0 amide bonds. The SMILES string of the molecule is CS(C)(C)CCOCn1ccnc1[C@H]1CC[C@@H](Oc2nc(N3CCOCC3)cc3ncccc23)CC1. The van der Waals surface area contributed by atoms with Gasteiger partial charge in [0.15, 0.2) is 0 Å². The molecule has 36 heavy (non-hydrogen) atoms. The van der Waals surface area contributed by atoms with E-state index in [2.05, 4.69) is 45.4 Å². The highest BCUT2D eigenvalue weighted by molar-refractivity contribution is 8.32. The number of aromatic nitrogens is 4. The van der Waals surface area contributed by atoms with Crippen LogP contribution in [0.5, 0.6) is 5.88 Å². The lowest BCUT2D eigenvalue weighted by Crippen LogP contribution is -2.36. The van der Waals surface area contributed by atoms with E-state index in [1.54, 1.807) is 0 Å². The predicted octanol–water partition coefficient (Wildman–Crippen LogP) is 4.44. The van der Waals surface area contributed by atoms with Crippen molar-refractivity contribution in [1.82, 2.24) is 19.5 Å². The molecule has 1 saturated heterocycles. The molecule has 0 spiro atoms. The van der Waals surface area contributed by atoms with Crippen molar-refractivity contribution < 1.29 is 14.2 Å². The van der Waals surface area contributed by atoms with Gasteiger partial charge in [-0.05, 0) is 56.6 Å². The number of fused-ring (bicyclic) bond motifs is 1. The van der Waals surface area contributed by atoms with E-state index in [1.807, 2.05) is 24.7 Å². The Balaban J connectivity index is 1.21. The molecular formula is C27H39N5O3S. The van der Waals surface area contributed by atoms with Gasteiger partial charge >= 0.3 is 0 Å². The number of anilines is 1. The maximum absolute atomic E-state index is 6.55. The highest BCUT2D eigenvalue weighted by atomic mass is 32.3. The van der Waals surface area contributed by atoms with Crippen LogP contribution >= 0.6 is 10.0 Å². The maximum atomic E-state index is 6.55. The molecular weight excluding hydrogens is 474 g/mol. The zero-order valence-electron chi connectivity index (χ0n) is 21.8. The second-order valence-electron chi connectivity index (χ2n) is 10.6. The Kier molecular flexibility index (Phi) is 7.98. The Hall–Kier alpha value is -2.36. The topological polar surface area (TPSA) is 74.5 Å². The van der Waals surface area contributed by atoms with Crippen LogP contribution in [0.1, 0.15) is 37.4 Å². The van der Waals surface area contributed by atoms with Crippen molar-refractivity contribution in [1.29, 1.82) is 0 Å². The Morgan fingerprint density at radius 1 is 1.06 bits per heavy atom. The van der Waals surface area contributed by atoms with Crippen molar-refractivity contribution in [2.24, 2.45) is 0 Å². The molecule has 2 fully saturated rings. The molecule has 2 aliphatic rings. The second-order valence-corrected chi connectivity index (χ2v) is 15.2. The number of morpholine rings is 1. The van der Waals surface area contributed by atoms with Crippen LogP contribution in [0.25, 0.3) is 10.9 Å². The fourth-order valence-corrected chi connectivity index (χ4v) is 5.55. The van der Waals surface area contributed by atoms with Gasteiger partial charge in [-0.3, -0.25) is 4.98 Å². The summed E-state index contributed by atoms with van der Waals surface area (Å²) in [6.07, 6.45) is 17.0. The summed E-state index contributed by atoms with van der Waals surface area (Å²) in [6.45, 7) is 4.50. The standard InChI is InChI=1S/C27H39N5O3S/c1-36(2,3)18-17-34-20-32-12-11-29-26(32)21-6-8-22(9-7-21)35-27-23-5-4-10-28-24(23)19-25(30-27)31-13-15-33-16-14-31/h4-5,10-12,19,21-22H,6-9,13-18,20H2,1-3H3/t21-,22+. The third-order valence-corrected chi connectivity index (χ3v) is 8.41. The van der Waals surface area contributed by atoms with Crippen LogP contribution in [-0.2, 0) is 16.2 Å². The number of rotatable bonds is 9. The first-order valence-electron chi connectivity index (χ1n) is 13.0. The third-order valence-electron chi connectivity index (χ3n) is 7.02. The number of nitrogens with zero attached hydrogens (tertiary/aromatic N) is 5. The minimum Gasteiger partial charge on any atom is -0.474 e. The fourth-order valence-electron chi connectivity index (χ4n) is 4.93. The van der Waals surface area contributed by atoms with Gasteiger partial charge in [0.05, 0.1) is 30.7 Å². The Morgan fingerprint density at radius 3 is 2.64 bits per heavy atom. The maximum Gasteiger partial charge on any atom is 0.225 e. The van der Waals surface area contributed by atoms with E-state index in [0.29, 0.717) is 18.5 Å². The second kappa shape index (κ2) is 11.4. The molecule has 196 valence electrons. The van der Waals surface area contributed by atoms with Gasteiger partial charge in [0.1, 0.15) is 24.5 Å². The highest BCUT2D eigenvalue weighted by Crippen LogP contribution is 2.36.